The maximum atomic E-state index is 13.7. The third-order valence-corrected chi connectivity index (χ3v) is 7.35. The molecule has 4 rings (SSSR count). The molecule has 6 nitrogen and oxygen atoms in total. The summed E-state index contributed by atoms with van der Waals surface area (Å²) in [5.74, 6) is 0.302. The number of hydrogen-bond acceptors (Lipinski definition) is 6. The van der Waals surface area contributed by atoms with Crippen LogP contribution in [0.1, 0.15) is 36.6 Å². The summed E-state index contributed by atoms with van der Waals surface area (Å²) in [5.41, 5.74) is 3.54. The number of aryl methyl sites for hydroxylation is 1. The van der Waals surface area contributed by atoms with Gasteiger partial charge in [-0.25, -0.2) is 9.79 Å². The van der Waals surface area contributed by atoms with Gasteiger partial charge in [0.15, 0.2) is 4.80 Å². The molecule has 0 aliphatic carbocycles. The SMILES string of the molecule is C=CCOc1ccc(/C=c2/sc3n(c2=O)[C@@H](c2ccc(C)cc2)C(C(=O)OCC)=C(C)N=3)cc1I. The maximum absolute atomic E-state index is 13.7. The normalized spacial score (nSPS) is 15.4. The Hall–Kier alpha value is -2.98. The molecule has 1 aliphatic heterocycles. The Morgan fingerprint density at radius 1 is 1.23 bits per heavy atom. The van der Waals surface area contributed by atoms with Crippen molar-refractivity contribution >= 4 is 46.0 Å². The zero-order valence-corrected chi connectivity index (χ0v) is 22.7. The number of esters is 1. The molecule has 0 bridgehead atoms. The highest BCUT2D eigenvalue weighted by Gasteiger charge is 2.33. The minimum absolute atomic E-state index is 0.199. The highest BCUT2D eigenvalue weighted by Crippen LogP contribution is 2.31. The number of halogens is 1. The van der Waals surface area contributed by atoms with Crippen LogP contribution in [0.25, 0.3) is 6.08 Å². The summed E-state index contributed by atoms with van der Waals surface area (Å²) in [4.78, 5) is 31.8. The van der Waals surface area contributed by atoms with E-state index < -0.39 is 12.0 Å². The smallest absolute Gasteiger partial charge is 0.338 e. The standard InChI is InChI=1S/C27H25IN2O4S/c1-5-13-34-21-12-9-18(14-20(21)28)15-22-25(31)30-24(19-10-7-16(3)8-11-19)23(26(32)33-6-2)17(4)29-27(30)35-22/h5,7-12,14-15,24H,1,6,13H2,2-4H3/b22-15+/t24-/m0/s1. The van der Waals surface area contributed by atoms with Crippen molar-refractivity contribution in [2.75, 3.05) is 13.2 Å². The van der Waals surface area contributed by atoms with E-state index in [1.54, 1.807) is 24.5 Å². The van der Waals surface area contributed by atoms with Gasteiger partial charge >= 0.3 is 5.97 Å². The number of rotatable bonds is 7. The summed E-state index contributed by atoms with van der Waals surface area (Å²) in [6.07, 6.45) is 3.54. The van der Waals surface area contributed by atoms with Crippen LogP contribution in [0.4, 0.5) is 0 Å². The lowest BCUT2D eigenvalue weighted by atomic mass is 9.95. The van der Waals surface area contributed by atoms with Gasteiger partial charge in [0.25, 0.3) is 5.56 Å². The largest absolute Gasteiger partial charge is 0.488 e. The fourth-order valence-electron chi connectivity index (χ4n) is 3.88. The molecular formula is C27H25IN2O4S. The molecule has 2 aromatic carbocycles. The van der Waals surface area contributed by atoms with E-state index in [1.807, 2.05) is 55.5 Å². The Labute approximate surface area is 221 Å². The topological polar surface area (TPSA) is 69.9 Å². The van der Waals surface area contributed by atoms with E-state index in [0.717, 1.165) is 26.0 Å². The first-order valence-corrected chi connectivity index (χ1v) is 13.0. The van der Waals surface area contributed by atoms with Crippen molar-refractivity contribution in [3.05, 3.63) is 106 Å². The lowest BCUT2D eigenvalue weighted by Gasteiger charge is -2.24. The van der Waals surface area contributed by atoms with Crippen LogP contribution in [-0.4, -0.2) is 23.8 Å². The molecule has 180 valence electrons. The third-order valence-electron chi connectivity index (χ3n) is 5.52. The molecule has 0 spiro atoms. The minimum Gasteiger partial charge on any atom is -0.488 e. The first-order valence-electron chi connectivity index (χ1n) is 11.1. The molecule has 0 amide bonds. The number of aromatic nitrogens is 1. The summed E-state index contributed by atoms with van der Waals surface area (Å²) in [6.45, 7) is 9.89. The molecule has 3 aromatic rings. The molecule has 0 fully saturated rings. The number of fused-ring (bicyclic) bond motifs is 1. The Bertz CT molecular complexity index is 1500. The first-order chi connectivity index (χ1) is 16.8. The van der Waals surface area contributed by atoms with Gasteiger partial charge in [-0.2, -0.15) is 0 Å². The van der Waals surface area contributed by atoms with Gasteiger partial charge in [0, 0.05) is 0 Å². The Balaban J connectivity index is 1.86. The number of hydrogen-bond donors (Lipinski definition) is 0. The van der Waals surface area contributed by atoms with Crippen molar-refractivity contribution in [3.8, 4) is 5.75 Å². The van der Waals surface area contributed by atoms with Gasteiger partial charge in [0.1, 0.15) is 12.4 Å². The van der Waals surface area contributed by atoms with E-state index >= 15 is 0 Å². The van der Waals surface area contributed by atoms with Crippen LogP contribution >= 0.6 is 33.9 Å². The van der Waals surface area contributed by atoms with Crippen molar-refractivity contribution in [3.63, 3.8) is 0 Å². The number of allylic oxidation sites excluding steroid dienone is 1. The van der Waals surface area contributed by atoms with E-state index in [2.05, 4.69) is 34.2 Å². The Morgan fingerprint density at radius 3 is 2.63 bits per heavy atom. The molecule has 0 unspecified atom stereocenters. The number of ether oxygens (including phenoxy) is 2. The predicted octanol–water partition coefficient (Wildman–Crippen LogP) is 4.28. The second-order valence-corrected chi connectivity index (χ2v) is 10.2. The minimum atomic E-state index is -0.608. The molecule has 0 saturated carbocycles. The van der Waals surface area contributed by atoms with Crippen molar-refractivity contribution < 1.29 is 14.3 Å². The second-order valence-electron chi connectivity index (χ2n) is 8.00. The predicted molar refractivity (Wildman–Crippen MR) is 146 cm³/mol. The highest BCUT2D eigenvalue weighted by atomic mass is 127. The lowest BCUT2D eigenvalue weighted by Crippen LogP contribution is -2.39. The molecule has 35 heavy (non-hydrogen) atoms. The summed E-state index contributed by atoms with van der Waals surface area (Å²) < 4.78 is 14.1. The number of carbonyl (C=O) groups is 1. The highest BCUT2D eigenvalue weighted by molar-refractivity contribution is 14.1. The number of carbonyl (C=O) groups excluding carboxylic acids is 1. The van der Waals surface area contributed by atoms with Crippen LogP contribution in [0, 0.1) is 10.5 Å². The van der Waals surface area contributed by atoms with Crippen LogP contribution in [0.15, 0.2) is 76.2 Å². The Morgan fingerprint density at radius 2 is 1.97 bits per heavy atom. The molecule has 1 aliphatic rings. The monoisotopic (exact) mass is 600 g/mol. The average Bonchev–Trinajstić information content (AvgIpc) is 3.12. The van der Waals surface area contributed by atoms with Crippen LogP contribution in [0.2, 0.25) is 0 Å². The average molecular weight is 600 g/mol. The van der Waals surface area contributed by atoms with E-state index in [9.17, 15) is 9.59 Å². The van der Waals surface area contributed by atoms with Crippen LogP contribution < -0.4 is 19.6 Å². The van der Waals surface area contributed by atoms with E-state index in [-0.39, 0.29) is 12.2 Å². The summed E-state index contributed by atoms with van der Waals surface area (Å²) in [7, 11) is 0. The zero-order valence-electron chi connectivity index (χ0n) is 19.7. The van der Waals surface area contributed by atoms with Gasteiger partial charge in [0.2, 0.25) is 0 Å². The number of benzene rings is 2. The van der Waals surface area contributed by atoms with Gasteiger partial charge in [0.05, 0.1) is 32.0 Å². The van der Waals surface area contributed by atoms with Crippen LogP contribution in [-0.2, 0) is 9.53 Å². The number of nitrogens with zero attached hydrogens (tertiary/aromatic N) is 2. The molecule has 1 atom stereocenters. The molecule has 1 aromatic heterocycles. The van der Waals surface area contributed by atoms with Crippen LogP contribution in [0.5, 0.6) is 5.75 Å². The molecule has 0 saturated heterocycles. The van der Waals surface area contributed by atoms with Crippen molar-refractivity contribution in [2.24, 2.45) is 4.99 Å². The summed E-state index contributed by atoms with van der Waals surface area (Å²) >= 11 is 3.52. The fourth-order valence-corrected chi connectivity index (χ4v) is 5.62. The number of thiazole rings is 1. The van der Waals surface area contributed by atoms with Gasteiger partial charge in [-0.1, -0.05) is 59.9 Å². The lowest BCUT2D eigenvalue weighted by molar-refractivity contribution is -0.139. The van der Waals surface area contributed by atoms with Crippen molar-refractivity contribution in [1.82, 2.24) is 4.57 Å². The van der Waals surface area contributed by atoms with Crippen LogP contribution in [0.3, 0.4) is 0 Å². The molecule has 0 N–H and O–H groups in total. The van der Waals surface area contributed by atoms with E-state index in [0.29, 0.717) is 27.2 Å². The van der Waals surface area contributed by atoms with Gasteiger partial charge in [-0.15, -0.1) is 0 Å². The molecule has 8 heteroatoms. The van der Waals surface area contributed by atoms with Gasteiger partial charge in [-0.3, -0.25) is 9.36 Å². The first kappa shape index (κ1) is 25.1. The third kappa shape index (κ3) is 5.18. The Kier molecular flexibility index (Phi) is 7.71. The summed E-state index contributed by atoms with van der Waals surface area (Å²) in [5, 5.41) is 0. The summed E-state index contributed by atoms with van der Waals surface area (Å²) in [6, 6.07) is 13.0. The van der Waals surface area contributed by atoms with E-state index in [1.165, 1.54) is 11.3 Å². The fraction of sp³-hybridized carbons (Fsp3) is 0.222. The van der Waals surface area contributed by atoms with Gasteiger partial charge in [-0.05, 0) is 72.7 Å². The quantitative estimate of drug-likeness (QED) is 0.231. The maximum Gasteiger partial charge on any atom is 0.338 e. The van der Waals surface area contributed by atoms with E-state index in [4.69, 9.17) is 9.47 Å². The van der Waals surface area contributed by atoms with Crippen molar-refractivity contribution in [1.29, 1.82) is 0 Å². The van der Waals surface area contributed by atoms with Gasteiger partial charge < -0.3 is 9.47 Å². The molecular weight excluding hydrogens is 575 g/mol. The molecule has 2 heterocycles. The van der Waals surface area contributed by atoms with Crippen molar-refractivity contribution in [2.45, 2.75) is 26.8 Å². The second kappa shape index (κ2) is 10.7. The molecule has 0 radical (unpaired) electrons. The zero-order chi connectivity index (χ0) is 25.1.